The van der Waals surface area contributed by atoms with E-state index in [4.69, 9.17) is 4.74 Å². The smallest absolute Gasteiger partial charge is 0.270 e. The second-order valence-corrected chi connectivity index (χ2v) is 10.4. The Morgan fingerprint density at radius 1 is 1.24 bits per heavy atom. The van der Waals surface area contributed by atoms with Crippen LogP contribution in [0.1, 0.15) is 54.6 Å². The van der Waals surface area contributed by atoms with Crippen LogP contribution in [0.2, 0.25) is 0 Å². The van der Waals surface area contributed by atoms with Gasteiger partial charge in [-0.15, -0.1) is 0 Å². The first-order chi connectivity index (χ1) is 16.4. The molecule has 1 atom stereocenters. The summed E-state index contributed by atoms with van der Waals surface area (Å²) in [7, 11) is 1.70. The number of carbonyl (C=O) groups excluding carboxylic acids is 3. The molecule has 3 N–H and O–H groups in total. The summed E-state index contributed by atoms with van der Waals surface area (Å²) < 4.78 is 6.97. The van der Waals surface area contributed by atoms with Crippen LogP contribution in [0.5, 0.6) is 0 Å². The van der Waals surface area contributed by atoms with Gasteiger partial charge in [-0.05, 0) is 73.6 Å². The molecule has 2 aromatic rings. The van der Waals surface area contributed by atoms with Crippen molar-refractivity contribution in [2.24, 2.45) is 18.4 Å². The Morgan fingerprint density at radius 2 is 2.00 bits per heavy atom. The molecule has 1 aromatic carbocycles. The summed E-state index contributed by atoms with van der Waals surface area (Å²) in [5.74, 6) is 0.230. The molecule has 3 saturated carbocycles. The molecule has 1 saturated heterocycles. The number of amides is 3. The van der Waals surface area contributed by atoms with Crippen LogP contribution < -0.4 is 16.0 Å². The summed E-state index contributed by atoms with van der Waals surface area (Å²) in [6.07, 6.45) is 6.91. The molecular formula is C25H29N5O4. The Balaban J connectivity index is 1.20. The van der Waals surface area contributed by atoms with Crippen molar-refractivity contribution in [3.05, 3.63) is 41.7 Å². The number of fused-ring (bicyclic) bond motifs is 2. The lowest BCUT2D eigenvalue weighted by molar-refractivity contribution is -0.132. The third kappa shape index (κ3) is 3.33. The molecule has 3 heterocycles. The van der Waals surface area contributed by atoms with Crippen LogP contribution >= 0.6 is 0 Å². The predicted octanol–water partition coefficient (Wildman–Crippen LogP) is 2.35. The van der Waals surface area contributed by atoms with Crippen molar-refractivity contribution in [2.75, 3.05) is 23.8 Å². The number of carbonyl (C=O) groups is 3. The van der Waals surface area contributed by atoms with E-state index in [1.807, 2.05) is 18.2 Å². The van der Waals surface area contributed by atoms with Gasteiger partial charge in [-0.2, -0.15) is 5.10 Å². The van der Waals surface area contributed by atoms with Gasteiger partial charge in [0.1, 0.15) is 11.7 Å². The number of aromatic nitrogens is 2. The molecule has 2 aliphatic heterocycles. The number of nitrogens with one attached hydrogen (secondary N) is 3. The van der Waals surface area contributed by atoms with Crippen LogP contribution in [-0.4, -0.2) is 46.8 Å². The molecule has 2 bridgehead atoms. The van der Waals surface area contributed by atoms with Crippen molar-refractivity contribution in [1.82, 2.24) is 15.1 Å². The average Bonchev–Trinajstić information content (AvgIpc) is 3.30. The lowest BCUT2D eigenvalue weighted by Crippen LogP contribution is -2.57. The van der Waals surface area contributed by atoms with Gasteiger partial charge in [0.05, 0.1) is 5.41 Å². The highest BCUT2D eigenvalue weighted by molar-refractivity contribution is 6.07. The van der Waals surface area contributed by atoms with Crippen LogP contribution in [0.3, 0.4) is 0 Å². The van der Waals surface area contributed by atoms with Gasteiger partial charge in [0.2, 0.25) is 11.8 Å². The first-order valence-electron chi connectivity index (χ1n) is 12.0. The molecule has 1 aromatic heterocycles. The van der Waals surface area contributed by atoms with E-state index in [9.17, 15) is 14.4 Å². The molecule has 4 fully saturated rings. The van der Waals surface area contributed by atoms with Crippen LogP contribution in [-0.2, 0) is 26.8 Å². The second-order valence-electron chi connectivity index (χ2n) is 10.4. The molecule has 3 aliphatic carbocycles. The lowest BCUT2D eigenvalue weighted by Gasteiger charge is -2.63. The van der Waals surface area contributed by atoms with Gasteiger partial charge in [-0.1, -0.05) is 6.07 Å². The topological polar surface area (TPSA) is 114 Å². The highest BCUT2D eigenvalue weighted by Crippen LogP contribution is 2.66. The van der Waals surface area contributed by atoms with Gasteiger partial charge in [0, 0.05) is 37.8 Å². The zero-order chi connectivity index (χ0) is 23.5. The molecule has 5 aliphatic rings. The highest BCUT2D eigenvalue weighted by Gasteiger charge is 2.57. The van der Waals surface area contributed by atoms with Gasteiger partial charge in [0.25, 0.3) is 5.91 Å². The monoisotopic (exact) mass is 463 g/mol. The lowest BCUT2D eigenvalue weighted by atomic mass is 9.43. The highest BCUT2D eigenvalue weighted by atomic mass is 16.5. The van der Waals surface area contributed by atoms with Crippen molar-refractivity contribution < 1.29 is 19.1 Å². The van der Waals surface area contributed by atoms with Gasteiger partial charge < -0.3 is 20.7 Å². The number of benzene rings is 1. The van der Waals surface area contributed by atoms with E-state index in [2.05, 4.69) is 21.0 Å². The van der Waals surface area contributed by atoms with Gasteiger partial charge in [-0.25, -0.2) is 0 Å². The number of aryl methyl sites for hydroxylation is 1. The van der Waals surface area contributed by atoms with Gasteiger partial charge >= 0.3 is 0 Å². The van der Waals surface area contributed by atoms with Crippen molar-refractivity contribution in [1.29, 1.82) is 0 Å². The quantitative estimate of drug-likeness (QED) is 0.609. The Labute approximate surface area is 197 Å². The van der Waals surface area contributed by atoms with E-state index in [0.29, 0.717) is 43.9 Å². The third-order valence-electron chi connectivity index (χ3n) is 8.31. The van der Waals surface area contributed by atoms with E-state index < -0.39 is 11.5 Å². The first kappa shape index (κ1) is 21.3. The van der Waals surface area contributed by atoms with Crippen LogP contribution in [0, 0.1) is 11.3 Å². The summed E-state index contributed by atoms with van der Waals surface area (Å²) >= 11 is 0. The summed E-state index contributed by atoms with van der Waals surface area (Å²) in [6, 6.07) is 6.58. The van der Waals surface area contributed by atoms with Crippen LogP contribution in [0.4, 0.5) is 11.4 Å². The minimum Gasteiger partial charge on any atom is -0.381 e. The number of hydrogen-bond acceptors (Lipinski definition) is 5. The van der Waals surface area contributed by atoms with E-state index in [1.165, 1.54) is 4.68 Å². The maximum Gasteiger partial charge on any atom is 0.270 e. The zero-order valence-corrected chi connectivity index (χ0v) is 19.2. The Hall–Kier alpha value is -3.20. The van der Waals surface area contributed by atoms with Crippen molar-refractivity contribution in [3.8, 4) is 0 Å². The fourth-order valence-electron chi connectivity index (χ4n) is 6.33. The molecule has 178 valence electrons. The molecule has 1 unspecified atom stereocenters. The van der Waals surface area contributed by atoms with Crippen molar-refractivity contribution in [3.63, 3.8) is 0 Å². The van der Waals surface area contributed by atoms with Gasteiger partial charge in [-0.3, -0.25) is 19.1 Å². The summed E-state index contributed by atoms with van der Waals surface area (Å²) in [5.41, 5.74) is 2.35. The first-order valence-corrected chi connectivity index (χ1v) is 12.0. The van der Waals surface area contributed by atoms with Gasteiger partial charge in [0.15, 0.2) is 0 Å². The fourth-order valence-corrected chi connectivity index (χ4v) is 6.33. The van der Waals surface area contributed by atoms with E-state index in [0.717, 1.165) is 36.4 Å². The van der Waals surface area contributed by atoms with Crippen LogP contribution in [0.15, 0.2) is 30.5 Å². The molecule has 34 heavy (non-hydrogen) atoms. The second kappa shape index (κ2) is 7.66. The number of ether oxygens (including phenoxy) is 1. The van der Waals surface area contributed by atoms with E-state index in [1.54, 1.807) is 19.3 Å². The number of anilines is 2. The zero-order valence-electron chi connectivity index (χ0n) is 19.2. The predicted molar refractivity (Wildman–Crippen MR) is 124 cm³/mol. The Bertz CT molecular complexity index is 1160. The normalized spacial score (nSPS) is 26.6. The van der Waals surface area contributed by atoms with Crippen LogP contribution in [0.25, 0.3) is 0 Å². The molecule has 3 amide bonds. The minimum absolute atomic E-state index is 0.000727. The maximum atomic E-state index is 13.3. The molecule has 0 radical (unpaired) electrons. The molecule has 9 heteroatoms. The van der Waals surface area contributed by atoms with Crippen molar-refractivity contribution >= 4 is 29.1 Å². The number of rotatable bonds is 6. The maximum absolute atomic E-state index is 13.3. The molecule has 9 nitrogen and oxygen atoms in total. The van der Waals surface area contributed by atoms with E-state index in [-0.39, 0.29) is 23.1 Å². The summed E-state index contributed by atoms with van der Waals surface area (Å²) in [4.78, 5) is 39.0. The van der Waals surface area contributed by atoms with Crippen molar-refractivity contribution in [2.45, 2.75) is 50.0 Å². The minimum atomic E-state index is -0.645. The fraction of sp³-hybridized carbons (Fsp3) is 0.520. The number of hydrogen-bond donors (Lipinski definition) is 3. The molecular weight excluding hydrogens is 434 g/mol. The summed E-state index contributed by atoms with van der Waals surface area (Å²) in [5, 5.41) is 13.0. The third-order valence-corrected chi connectivity index (χ3v) is 8.31. The van der Waals surface area contributed by atoms with E-state index >= 15 is 0 Å². The Morgan fingerprint density at radius 3 is 2.65 bits per heavy atom. The molecule has 1 spiro atoms. The SMILES string of the molecule is Cn1nccc1C(=O)NC(CC12CC(C1)C2)C(=O)Nc1ccc2c(c1)NC(=O)C21CCOCC1. The standard InChI is InChI=1S/C25H29N5O4/c1-30-20(4-7-26-30)22(32)28-19(14-24-11-15(12-24)13-24)21(31)27-16-2-3-17-18(10-16)29-23(33)25(17)5-8-34-9-6-25/h2-4,7,10,15,19H,5-6,8-9,11-14H2,1H3,(H,27,31)(H,28,32)(H,29,33). The summed E-state index contributed by atoms with van der Waals surface area (Å²) in [6.45, 7) is 1.12. The average molecular weight is 464 g/mol. The Kier molecular flexibility index (Phi) is 4.81. The number of nitrogens with zero attached hydrogens (tertiary/aromatic N) is 2. The largest absolute Gasteiger partial charge is 0.381 e. The molecule has 7 rings (SSSR count).